The highest BCUT2D eigenvalue weighted by molar-refractivity contribution is 9.10. The van der Waals surface area contributed by atoms with Crippen LogP contribution in [0.4, 0.5) is 5.69 Å². The molecule has 3 nitrogen and oxygen atoms in total. The normalized spacial score (nSPS) is 16.1. The highest BCUT2D eigenvalue weighted by atomic mass is 79.9. The molecule has 0 atom stereocenters. The van der Waals surface area contributed by atoms with Crippen molar-refractivity contribution in [2.24, 2.45) is 0 Å². The van der Waals surface area contributed by atoms with Gasteiger partial charge in [-0.2, -0.15) is 0 Å². The Hall–Kier alpha value is -1.76. The molecule has 0 unspecified atom stereocenters. The number of rotatable bonds is 3. The molecule has 0 bridgehead atoms. The van der Waals surface area contributed by atoms with E-state index < -0.39 is 0 Å². The summed E-state index contributed by atoms with van der Waals surface area (Å²) in [7, 11) is 0. The third-order valence-corrected chi connectivity index (χ3v) is 5.32. The second-order valence-electron chi connectivity index (χ2n) is 5.17. The van der Waals surface area contributed by atoms with Crippen molar-refractivity contribution >= 4 is 67.7 Å². The Bertz CT molecular complexity index is 858. The third-order valence-electron chi connectivity index (χ3n) is 3.49. The van der Waals surface area contributed by atoms with Crippen LogP contribution in [0, 0.1) is 0 Å². The standard InChI is InChI=1S/C18H12BrNO2S2/c1-11(21)13-4-8-15(9-5-13)20-17(22)16(24-18(20)23)10-12-2-6-14(19)7-3-12/h2-10H,1H3/b16-10-. The molecule has 1 aliphatic rings. The molecule has 2 aromatic rings. The zero-order valence-electron chi connectivity index (χ0n) is 12.7. The number of halogens is 1. The fourth-order valence-corrected chi connectivity index (χ4v) is 3.81. The van der Waals surface area contributed by atoms with E-state index >= 15 is 0 Å². The highest BCUT2D eigenvalue weighted by Gasteiger charge is 2.33. The lowest BCUT2D eigenvalue weighted by Gasteiger charge is -2.14. The number of carbonyl (C=O) groups is 2. The fourth-order valence-electron chi connectivity index (χ4n) is 2.25. The first-order chi connectivity index (χ1) is 11.5. The summed E-state index contributed by atoms with van der Waals surface area (Å²) < 4.78 is 1.47. The molecule has 1 saturated heterocycles. The predicted molar refractivity (Wildman–Crippen MR) is 106 cm³/mol. The Balaban J connectivity index is 1.88. The van der Waals surface area contributed by atoms with Gasteiger partial charge >= 0.3 is 0 Å². The van der Waals surface area contributed by atoms with Gasteiger partial charge in [0, 0.05) is 10.0 Å². The van der Waals surface area contributed by atoms with Crippen LogP contribution in [0.25, 0.3) is 6.08 Å². The third kappa shape index (κ3) is 3.50. The zero-order chi connectivity index (χ0) is 17.3. The van der Waals surface area contributed by atoms with Gasteiger partial charge in [-0.1, -0.05) is 52.0 Å². The van der Waals surface area contributed by atoms with Crippen LogP contribution < -0.4 is 4.90 Å². The van der Waals surface area contributed by atoms with Gasteiger partial charge in [0.1, 0.15) is 0 Å². The van der Waals surface area contributed by atoms with Gasteiger partial charge in [-0.15, -0.1) is 0 Å². The Labute approximate surface area is 157 Å². The monoisotopic (exact) mass is 417 g/mol. The van der Waals surface area contributed by atoms with E-state index in [-0.39, 0.29) is 11.7 Å². The molecule has 1 fully saturated rings. The zero-order valence-corrected chi connectivity index (χ0v) is 15.9. The van der Waals surface area contributed by atoms with Crippen LogP contribution in [0.1, 0.15) is 22.8 Å². The van der Waals surface area contributed by atoms with E-state index in [2.05, 4.69) is 15.9 Å². The number of benzene rings is 2. The van der Waals surface area contributed by atoms with Crippen LogP contribution in [0.5, 0.6) is 0 Å². The van der Waals surface area contributed by atoms with E-state index in [0.717, 1.165) is 10.0 Å². The molecule has 0 aliphatic carbocycles. The average Bonchev–Trinajstić information content (AvgIpc) is 2.83. The molecule has 6 heteroatoms. The highest BCUT2D eigenvalue weighted by Crippen LogP contribution is 2.36. The van der Waals surface area contributed by atoms with Crippen molar-refractivity contribution < 1.29 is 9.59 Å². The molecule has 0 saturated carbocycles. The van der Waals surface area contributed by atoms with Crippen molar-refractivity contribution in [3.8, 4) is 0 Å². The van der Waals surface area contributed by atoms with E-state index in [1.54, 1.807) is 24.3 Å². The molecular formula is C18H12BrNO2S2. The van der Waals surface area contributed by atoms with Crippen molar-refractivity contribution in [1.29, 1.82) is 0 Å². The molecule has 1 aliphatic heterocycles. The first-order valence-corrected chi connectivity index (χ1v) is 9.12. The van der Waals surface area contributed by atoms with Gasteiger partial charge in [0.15, 0.2) is 10.1 Å². The molecule has 1 amide bonds. The topological polar surface area (TPSA) is 37.4 Å². The Kier molecular flexibility index (Phi) is 4.99. The molecule has 2 aromatic carbocycles. The smallest absolute Gasteiger partial charge is 0.270 e. The Morgan fingerprint density at radius 3 is 2.33 bits per heavy atom. The van der Waals surface area contributed by atoms with E-state index in [1.807, 2.05) is 30.3 Å². The Morgan fingerprint density at radius 1 is 1.12 bits per heavy atom. The van der Waals surface area contributed by atoms with Crippen LogP contribution in [0.3, 0.4) is 0 Å². The van der Waals surface area contributed by atoms with Crippen molar-refractivity contribution in [3.63, 3.8) is 0 Å². The van der Waals surface area contributed by atoms with Gasteiger partial charge in [-0.3, -0.25) is 14.5 Å². The van der Waals surface area contributed by atoms with Gasteiger partial charge in [-0.25, -0.2) is 0 Å². The van der Waals surface area contributed by atoms with Crippen LogP contribution >= 0.6 is 39.9 Å². The van der Waals surface area contributed by atoms with Gasteiger partial charge < -0.3 is 0 Å². The summed E-state index contributed by atoms with van der Waals surface area (Å²) in [6, 6.07) is 14.6. The summed E-state index contributed by atoms with van der Waals surface area (Å²) in [6.07, 6.45) is 1.83. The van der Waals surface area contributed by atoms with Crippen molar-refractivity contribution in [1.82, 2.24) is 0 Å². The molecule has 24 heavy (non-hydrogen) atoms. The SMILES string of the molecule is CC(=O)c1ccc(N2C(=O)/C(=C/c3ccc(Br)cc3)SC2=S)cc1. The minimum absolute atomic E-state index is 0.0120. The number of anilines is 1. The van der Waals surface area contributed by atoms with Crippen LogP contribution in [-0.2, 0) is 4.79 Å². The summed E-state index contributed by atoms with van der Waals surface area (Å²) in [5, 5.41) is 0. The van der Waals surface area contributed by atoms with E-state index in [0.29, 0.717) is 20.5 Å². The molecule has 120 valence electrons. The summed E-state index contributed by atoms with van der Waals surface area (Å²) in [5.41, 5.74) is 2.21. The quantitative estimate of drug-likeness (QED) is 0.397. The van der Waals surface area contributed by atoms with Crippen LogP contribution in [0.15, 0.2) is 57.9 Å². The minimum atomic E-state index is -0.150. The number of nitrogens with zero attached hydrogens (tertiary/aromatic N) is 1. The van der Waals surface area contributed by atoms with Crippen LogP contribution in [-0.4, -0.2) is 16.0 Å². The maximum Gasteiger partial charge on any atom is 0.270 e. The summed E-state index contributed by atoms with van der Waals surface area (Å²) in [5.74, 6) is -0.162. The van der Waals surface area contributed by atoms with Gasteiger partial charge in [0.05, 0.1) is 10.6 Å². The number of thioether (sulfide) groups is 1. The van der Waals surface area contributed by atoms with Gasteiger partial charge in [-0.05, 0) is 55.0 Å². The largest absolute Gasteiger partial charge is 0.295 e. The number of ketones is 1. The molecule has 0 radical (unpaired) electrons. The van der Waals surface area contributed by atoms with Crippen molar-refractivity contribution in [3.05, 3.63) is 69.0 Å². The molecule has 0 aromatic heterocycles. The first-order valence-electron chi connectivity index (χ1n) is 7.10. The van der Waals surface area contributed by atoms with Crippen LogP contribution in [0.2, 0.25) is 0 Å². The van der Waals surface area contributed by atoms with E-state index in [9.17, 15) is 9.59 Å². The number of thiocarbonyl (C=S) groups is 1. The number of amides is 1. The van der Waals surface area contributed by atoms with E-state index in [1.165, 1.54) is 23.6 Å². The second-order valence-corrected chi connectivity index (χ2v) is 7.76. The fraction of sp³-hybridized carbons (Fsp3) is 0.0556. The number of hydrogen-bond donors (Lipinski definition) is 0. The second kappa shape index (κ2) is 7.01. The summed E-state index contributed by atoms with van der Waals surface area (Å²) in [4.78, 5) is 26.1. The maximum atomic E-state index is 12.7. The number of carbonyl (C=O) groups excluding carboxylic acids is 2. The molecule has 0 N–H and O–H groups in total. The maximum absolute atomic E-state index is 12.7. The molecule has 1 heterocycles. The molecule has 3 rings (SSSR count). The van der Waals surface area contributed by atoms with Crippen molar-refractivity contribution in [2.45, 2.75) is 6.92 Å². The van der Waals surface area contributed by atoms with E-state index in [4.69, 9.17) is 12.2 Å². The molecular weight excluding hydrogens is 406 g/mol. The van der Waals surface area contributed by atoms with Gasteiger partial charge in [0.2, 0.25) is 0 Å². The lowest BCUT2D eigenvalue weighted by molar-refractivity contribution is -0.113. The average molecular weight is 418 g/mol. The van der Waals surface area contributed by atoms with Crippen molar-refractivity contribution in [2.75, 3.05) is 4.90 Å². The Morgan fingerprint density at radius 2 is 1.75 bits per heavy atom. The minimum Gasteiger partial charge on any atom is -0.295 e. The predicted octanol–water partition coefficient (Wildman–Crippen LogP) is 5.06. The lowest BCUT2D eigenvalue weighted by Crippen LogP contribution is -2.27. The number of hydrogen-bond acceptors (Lipinski definition) is 4. The first kappa shape index (κ1) is 17.1. The lowest BCUT2D eigenvalue weighted by atomic mass is 10.1. The summed E-state index contributed by atoms with van der Waals surface area (Å²) >= 11 is 10.0. The number of Topliss-reactive ketones (excluding diaryl/α,β-unsaturated/α-hetero) is 1. The molecule has 0 spiro atoms. The summed E-state index contributed by atoms with van der Waals surface area (Å²) in [6.45, 7) is 1.51. The van der Waals surface area contributed by atoms with Gasteiger partial charge in [0.25, 0.3) is 5.91 Å².